The maximum atomic E-state index is 12.9. The predicted octanol–water partition coefficient (Wildman–Crippen LogP) is 3.24. The van der Waals surface area contributed by atoms with Crippen LogP contribution in [0.25, 0.3) is 6.08 Å². The molecule has 2 aliphatic heterocycles. The Hall–Kier alpha value is -2.54. The maximum Gasteiger partial charge on any atom is 0.251 e. The van der Waals surface area contributed by atoms with Crippen molar-refractivity contribution in [1.82, 2.24) is 10.2 Å². The number of nitrogens with zero attached hydrogens (tertiary/aromatic N) is 2. The predicted molar refractivity (Wildman–Crippen MR) is 124 cm³/mol. The fraction of sp³-hybridized carbons (Fsp3) is 0.375. The first kappa shape index (κ1) is 21.7. The Morgan fingerprint density at radius 1 is 1.16 bits per heavy atom. The van der Waals surface area contributed by atoms with E-state index in [4.69, 9.17) is 21.1 Å². The highest BCUT2D eigenvalue weighted by Crippen LogP contribution is 2.39. The highest BCUT2D eigenvalue weighted by atomic mass is 35.5. The van der Waals surface area contributed by atoms with Crippen LogP contribution in [-0.2, 0) is 11.2 Å². The molecule has 2 aliphatic rings. The molecule has 0 radical (unpaired) electrons. The second-order valence-corrected chi connectivity index (χ2v) is 8.07. The molecule has 7 heteroatoms. The lowest BCUT2D eigenvalue weighted by atomic mass is 10.1. The fourth-order valence-electron chi connectivity index (χ4n) is 3.98. The van der Waals surface area contributed by atoms with Crippen LogP contribution in [0.1, 0.15) is 11.1 Å². The van der Waals surface area contributed by atoms with E-state index in [-0.39, 0.29) is 5.91 Å². The van der Waals surface area contributed by atoms with E-state index in [2.05, 4.69) is 10.2 Å². The van der Waals surface area contributed by atoms with Crippen molar-refractivity contribution in [2.45, 2.75) is 6.42 Å². The van der Waals surface area contributed by atoms with Gasteiger partial charge in [-0.3, -0.25) is 9.69 Å². The van der Waals surface area contributed by atoms with Crippen LogP contribution in [0, 0.1) is 0 Å². The molecule has 2 aromatic carbocycles. The number of amides is 1. The zero-order valence-corrected chi connectivity index (χ0v) is 18.5. The molecule has 0 spiro atoms. The lowest BCUT2D eigenvalue weighted by molar-refractivity contribution is -0.114. The van der Waals surface area contributed by atoms with Crippen LogP contribution >= 0.6 is 11.6 Å². The van der Waals surface area contributed by atoms with E-state index in [0.29, 0.717) is 29.7 Å². The standard InChI is InChI=1S/C24H28ClN3O3/c1-30-22-16-19-8-11-28(24(29)7-6-18-4-2-3-5-20(18)25)21(19)17-23(22)31-15-14-27-12-9-26-10-13-27/h2-7,16-17,26H,8-15H2,1H3. The Morgan fingerprint density at radius 2 is 1.97 bits per heavy atom. The molecular formula is C24H28ClN3O3. The number of carbonyl (C=O) groups is 1. The van der Waals surface area contributed by atoms with Crippen molar-refractivity contribution in [3.63, 3.8) is 0 Å². The average molecular weight is 442 g/mol. The molecule has 6 nitrogen and oxygen atoms in total. The molecule has 2 aromatic rings. The van der Waals surface area contributed by atoms with Crippen molar-refractivity contribution in [1.29, 1.82) is 0 Å². The fourth-order valence-corrected chi connectivity index (χ4v) is 4.18. The summed E-state index contributed by atoms with van der Waals surface area (Å²) in [5.41, 5.74) is 2.79. The highest BCUT2D eigenvalue weighted by molar-refractivity contribution is 6.32. The second kappa shape index (κ2) is 10.2. The van der Waals surface area contributed by atoms with Crippen molar-refractivity contribution in [2.24, 2.45) is 0 Å². The molecule has 0 unspecified atom stereocenters. The average Bonchev–Trinajstić information content (AvgIpc) is 3.21. The molecule has 164 valence electrons. The molecule has 0 aromatic heterocycles. The molecule has 1 fully saturated rings. The minimum Gasteiger partial charge on any atom is -0.493 e. The number of carbonyl (C=O) groups excluding carboxylic acids is 1. The summed E-state index contributed by atoms with van der Waals surface area (Å²) >= 11 is 6.19. The Balaban J connectivity index is 1.46. The van der Waals surface area contributed by atoms with Crippen LogP contribution in [-0.4, -0.2) is 63.8 Å². The number of ether oxygens (including phenoxy) is 2. The molecule has 2 heterocycles. The zero-order valence-electron chi connectivity index (χ0n) is 17.8. The van der Waals surface area contributed by atoms with Gasteiger partial charge >= 0.3 is 0 Å². The third-order valence-electron chi connectivity index (χ3n) is 5.71. The zero-order chi connectivity index (χ0) is 21.6. The van der Waals surface area contributed by atoms with Gasteiger partial charge in [0.25, 0.3) is 5.91 Å². The van der Waals surface area contributed by atoms with Crippen molar-refractivity contribution in [3.8, 4) is 11.5 Å². The largest absolute Gasteiger partial charge is 0.493 e. The van der Waals surface area contributed by atoms with E-state index in [0.717, 1.165) is 56.0 Å². The lowest BCUT2D eigenvalue weighted by Gasteiger charge is -2.27. The van der Waals surface area contributed by atoms with Crippen LogP contribution in [0.4, 0.5) is 5.69 Å². The van der Waals surface area contributed by atoms with Crippen molar-refractivity contribution in [2.75, 3.05) is 57.9 Å². The van der Waals surface area contributed by atoms with Gasteiger partial charge in [0.05, 0.1) is 12.8 Å². The molecule has 1 amide bonds. The minimum atomic E-state index is -0.0735. The lowest BCUT2D eigenvalue weighted by Crippen LogP contribution is -2.44. The number of piperazine rings is 1. The maximum absolute atomic E-state index is 12.9. The first-order valence-corrected chi connectivity index (χ1v) is 11.0. The van der Waals surface area contributed by atoms with Crippen molar-refractivity contribution < 1.29 is 14.3 Å². The molecule has 0 bridgehead atoms. The van der Waals surface area contributed by atoms with Crippen LogP contribution < -0.4 is 19.7 Å². The van der Waals surface area contributed by atoms with Gasteiger partial charge in [-0.1, -0.05) is 29.8 Å². The van der Waals surface area contributed by atoms with Gasteiger partial charge in [-0.2, -0.15) is 0 Å². The molecule has 1 saturated heterocycles. The summed E-state index contributed by atoms with van der Waals surface area (Å²) in [7, 11) is 1.65. The summed E-state index contributed by atoms with van der Waals surface area (Å²) in [6.45, 7) is 6.17. The third-order valence-corrected chi connectivity index (χ3v) is 6.06. The Bertz CT molecular complexity index is 957. The van der Waals surface area contributed by atoms with Gasteiger partial charge in [-0.05, 0) is 35.8 Å². The number of methoxy groups -OCH3 is 1. The number of halogens is 1. The van der Waals surface area contributed by atoms with E-state index in [1.807, 2.05) is 36.4 Å². The van der Waals surface area contributed by atoms with Crippen LogP contribution in [0.15, 0.2) is 42.5 Å². The smallest absolute Gasteiger partial charge is 0.251 e. The summed E-state index contributed by atoms with van der Waals surface area (Å²) in [5.74, 6) is 1.31. The van der Waals surface area contributed by atoms with Gasteiger partial charge in [0.2, 0.25) is 0 Å². The molecule has 1 N–H and O–H groups in total. The normalized spacial score (nSPS) is 16.5. The molecular weight excluding hydrogens is 414 g/mol. The second-order valence-electron chi connectivity index (χ2n) is 7.67. The van der Waals surface area contributed by atoms with Crippen LogP contribution in [0.3, 0.4) is 0 Å². The van der Waals surface area contributed by atoms with Crippen molar-refractivity contribution in [3.05, 3.63) is 58.6 Å². The topological polar surface area (TPSA) is 54.0 Å². The van der Waals surface area contributed by atoms with E-state index in [1.54, 1.807) is 24.2 Å². The SMILES string of the molecule is COc1cc2c(cc1OCCN1CCNCC1)N(C(=O)C=Cc1ccccc1Cl)CC2. The Morgan fingerprint density at radius 3 is 2.74 bits per heavy atom. The van der Waals surface area contributed by atoms with Crippen LogP contribution in [0.2, 0.25) is 5.02 Å². The summed E-state index contributed by atoms with van der Waals surface area (Å²) in [6.07, 6.45) is 4.13. The number of hydrogen-bond donors (Lipinski definition) is 1. The molecule has 0 aliphatic carbocycles. The number of anilines is 1. The van der Waals surface area contributed by atoms with Gasteiger partial charge in [0.15, 0.2) is 11.5 Å². The summed E-state index contributed by atoms with van der Waals surface area (Å²) in [4.78, 5) is 17.1. The molecule has 4 rings (SSSR count). The summed E-state index contributed by atoms with van der Waals surface area (Å²) in [6, 6.07) is 11.4. The number of nitrogens with one attached hydrogen (secondary N) is 1. The van der Waals surface area contributed by atoms with Gasteiger partial charge in [-0.15, -0.1) is 0 Å². The van der Waals surface area contributed by atoms with Gasteiger partial charge in [-0.25, -0.2) is 0 Å². The van der Waals surface area contributed by atoms with E-state index in [1.165, 1.54) is 0 Å². The van der Waals surface area contributed by atoms with Gasteiger partial charge < -0.3 is 19.7 Å². The number of hydrogen-bond acceptors (Lipinski definition) is 5. The summed E-state index contributed by atoms with van der Waals surface area (Å²) < 4.78 is 11.6. The van der Waals surface area contributed by atoms with Crippen LogP contribution in [0.5, 0.6) is 11.5 Å². The highest BCUT2D eigenvalue weighted by Gasteiger charge is 2.26. The van der Waals surface area contributed by atoms with E-state index < -0.39 is 0 Å². The quantitative estimate of drug-likeness (QED) is 0.668. The number of rotatable bonds is 7. The molecule has 0 atom stereocenters. The number of fused-ring (bicyclic) bond motifs is 1. The first-order valence-electron chi connectivity index (χ1n) is 10.7. The first-order chi connectivity index (χ1) is 15.2. The number of benzene rings is 2. The summed E-state index contributed by atoms with van der Waals surface area (Å²) in [5, 5.41) is 3.98. The Kier molecular flexibility index (Phi) is 7.12. The van der Waals surface area contributed by atoms with Gasteiger partial charge in [0, 0.05) is 56.4 Å². The van der Waals surface area contributed by atoms with Crippen molar-refractivity contribution >= 4 is 29.3 Å². The molecule has 31 heavy (non-hydrogen) atoms. The Labute approximate surface area is 188 Å². The van der Waals surface area contributed by atoms with E-state index >= 15 is 0 Å². The van der Waals surface area contributed by atoms with E-state index in [9.17, 15) is 4.79 Å². The third kappa shape index (κ3) is 5.21. The van der Waals surface area contributed by atoms with Gasteiger partial charge in [0.1, 0.15) is 6.61 Å². The molecule has 0 saturated carbocycles. The monoisotopic (exact) mass is 441 g/mol. The minimum absolute atomic E-state index is 0.0735.